The van der Waals surface area contributed by atoms with Gasteiger partial charge in [0.05, 0.1) is 14.2 Å². The number of ether oxygens (including phenoxy) is 3. The molecular formula is C14H19NO5. The van der Waals surface area contributed by atoms with Gasteiger partial charge >= 0.3 is 5.97 Å². The topological polar surface area (TPSA) is 73.9 Å². The van der Waals surface area contributed by atoms with Gasteiger partial charge < -0.3 is 19.5 Å². The average Bonchev–Trinajstić information content (AvgIpc) is 2.46. The zero-order chi connectivity index (χ0) is 15.0. The third-order valence-electron chi connectivity index (χ3n) is 2.71. The molecule has 0 saturated heterocycles. The number of carbonyl (C=O) groups is 2. The summed E-state index contributed by atoms with van der Waals surface area (Å²) in [6.07, 6.45) is 0.284. The summed E-state index contributed by atoms with van der Waals surface area (Å²) in [5.74, 6) is -0.236. The van der Waals surface area contributed by atoms with Crippen molar-refractivity contribution in [2.75, 3.05) is 27.9 Å². The van der Waals surface area contributed by atoms with E-state index < -0.39 is 12.0 Å². The maximum Gasteiger partial charge on any atom is 0.328 e. The molecule has 0 unspecified atom stereocenters. The fourth-order valence-corrected chi connectivity index (χ4v) is 1.79. The molecule has 0 aliphatic heterocycles. The van der Waals surface area contributed by atoms with Crippen molar-refractivity contribution >= 4 is 11.9 Å². The summed E-state index contributed by atoms with van der Waals surface area (Å²) >= 11 is 0. The van der Waals surface area contributed by atoms with Gasteiger partial charge in [-0.2, -0.15) is 0 Å². The van der Waals surface area contributed by atoms with Gasteiger partial charge in [-0.1, -0.05) is 18.2 Å². The second-order valence-corrected chi connectivity index (χ2v) is 4.09. The Hall–Kier alpha value is -2.08. The van der Waals surface area contributed by atoms with Crippen molar-refractivity contribution in [3.8, 4) is 5.75 Å². The molecule has 1 aromatic carbocycles. The molecule has 1 aromatic rings. The fraction of sp³-hybridized carbons (Fsp3) is 0.429. The van der Waals surface area contributed by atoms with Crippen LogP contribution in [0.3, 0.4) is 0 Å². The van der Waals surface area contributed by atoms with Crippen molar-refractivity contribution in [3.05, 3.63) is 29.8 Å². The molecule has 1 atom stereocenters. The van der Waals surface area contributed by atoms with Gasteiger partial charge in [-0.15, -0.1) is 0 Å². The Morgan fingerprint density at radius 1 is 1.20 bits per heavy atom. The number of methoxy groups -OCH3 is 3. The van der Waals surface area contributed by atoms with Crippen molar-refractivity contribution in [1.29, 1.82) is 0 Å². The number of benzene rings is 1. The van der Waals surface area contributed by atoms with Crippen molar-refractivity contribution in [1.82, 2.24) is 5.32 Å². The minimum absolute atomic E-state index is 0.112. The Balaban J connectivity index is 2.84. The molecule has 0 bridgehead atoms. The predicted molar refractivity (Wildman–Crippen MR) is 72.5 cm³/mol. The summed E-state index contributed by atoms with van der Waals surface area (Å²) in [5, 5.41) is 2.57. The van der Waals surface area contributed by atoms with E-state index in [0.717, 1.165) is 5.56 Å². The number of esters is 1. The molecule has 0 aliphatic rings. The second kappa shape index (κ2) is 8.16. The number of amides is 1. The molecule has 1 amide bonds. The first-order valence-electron chi connectivity index (χ1n) is 6.10. The average molecular weight is 281 g/mol. The fourth-order valence-electron chi connectivity index (χ4n) is 1.79. The Labute approximate surface area is 118 Å². The maximum atomic E-state index is 11.7. The van der Waals surface area contributed by atoms with Crippen LogP contribution in [0.1, 0.15) is 5.56 Å². The highest BCUT2D eigenvalue weighted by Crippen LogP contribution is 2.19. The van der Waals surface area contributed by atoms with Gasteiger partial charge in [0, 0.05) is 13.5 Å². The number of para-hydroxylation sites is 1. The largest absolute Gasteiger partial charge is 0.496 e. The van der Waals surface area contributed by atoms with E-state index in [1.54, 1.807) is 13.2 Å². The van der Waals surface area contributed by atoms with Gasteiger partial charge in [0.15, 0.2) is 0 Å². The molecule has 0 radical (unpaired) electrons. The van der Waals surface area contributed by atoms with E-state index in [4.69, 9.17) is 14.2 Å². The van der Waals surface area contributed by atoms with Crippen LogP contribution in [0.5, 0.6) is 5.75 Å². The summed E-state index contributed by atoms with van der Waals surface area (Å²) in [4.78, 5) is 23.3. The Kier molecular flexibility index (Phi) is 6.52. The van der Waals surface area contributed by atoms with Crippen molar-refractivity contribution in [2.24, 2.45) is 0 Å². The second-order valence-electron chi connectivity index (χ2n) is 4.09. The standard InChI is InChI=1S/C14H19NO5/c1-18-9-13(16)15-11(14(17)20-3)8-10-6-4-5-7-12(10)19-2/h4-7,11H,8-9H2,1-3H3,(H,15,16)/t11-/m1/s1. The lowest BCUT2D eigenvalue weighted by atomic mass is 10.0. The summed E-state index contributed by atoms with van der Waals surface area (Å²) in [6, 6.07) is 6.51. The van der Waals surface area contributed by atoms with Crippen LogP contribution in [-0.4, -0.2) is 45.9 Å². The van der Waals surface area contributed by atoms with E-state index in [1.807, 2.05) is 18.2 Å². The number of nitrogens with one attached hydrogen (secondary N) is 1. The number of rotatable bonds is 7. The summed E-state index contributed by atoms with van der Waals surface area (Å²) in [6.45, 7) is -0.112. The van der Waals surface area contributed by atoms with Crippen molar-refractivity contribution in [2.45, 2.75) is 12.5 Å². The lowest BCUT2D eigenvalue weighted by Gasteiger charge is -2.17. The third kappa shape index (κ3) is 4.55. The maximum absolute atomic E-state index is 11.7. The van der Waals surface area contributed by atoms with Crippen molar-refractivity contribution < 1.29 is 23.8 Å². The Morgan fingerprint density at radius 3 is 2.50 bits per heavy atom. The molecule has 0 spiro atoms. The van der Waals surface area contributed by atoms with Crippen LogP contribution in [0.15, 0.2) is 24.3 Å². The van der Waals surface area contributed by atoms with E-state index in [2.05, 4.69) is 5.32 Å². The smallest absolute Gasteiger partial charge is 0.328 e. The van der Waals surface area contributed by atoms with E-state index in [1.165, 1.54) is 14.2 Å². The molecule has 1 rings (SSSR count). The molecule has 0 heterocycles. The quantitative estimate of drug-likeness (QED) is 0.738. The first-order chi connectivity index (χ1) is 9.62. The molecule has 110 valence electrons. The van der Waals surface area contributed by atoms with E-state index in [-0.39, 0.29) is 18.9 Å². The van der Waals surface area contributed by atoms with E-state index in [0.29, 0.717) is 5.75 Å². The first-order valence-corrected chi connectivity index (χ1v) is 6.10. The van der Waals surface area contributed by atoms with E-state index in [9.17, 15) is 9.59 Å². The van der Waals surface area contributed by atoms with Gasteiger partial charge in [-0.3, -0.25) is 4.79 Å². The lowest BCUT2D eigenvalue weighted by molar-refractivity contribution is -0.145. The van der Waals surface area contributed by atoms with Crippen LogP contribution in [0, 0.1) is 0 Å². The SMILES string of the molecule is COCC(=O)N[C@H](Cc1ccccc1OC)C(=O)OC. The van der Waals surface area contributed by atoms with Gasteiger partial charge in [0.2, 0.25) is 5.91 Å². The minimum atomic E-state index is -0.779. The summed E-state index contributed by atoms with van der Waals surface area (Å²) < 4.78 is 14.6. The minimum Gasteiger partial charge on any atom is -0.496 e. The van der Waals surface area contributed by atoms with Gasteiger partial charge in [0.1, 0.15) is 18.4 Å². The molecule has 6 heteroatoms. The lowest BCUT2D eigenvalue weighted by Crippen LogP contribution is -2.44. The van der Waals surface area contributed by atoms with Crippen LogP contribution >= 0.6 is 0 Å². The number of hydrogen-bond donors (Lipinski definition) is 1. The zero-order valence-corrected chi connectivity index (χ0v) is 11.8. The van der Waals surface area contributed by atoms with Crippen LogP contribution in [-0.2, 0) is 25.5 Å². The predicted octanol–water partition coefficient (Wildman–Crippen LogP) is 0.542. The normalized spacial score (nSPS) is 11.6. The van der Waals surface area contributed by atoms with Gasteiger partial charge in [-0.05, 0) is 11.6 Å². The first kappa shape index (κ1) is 16.0. The molecule has 0 saturated carbocycles. The van der Waals surface area contributed by atoms with Crippen LogP contribution in [0.2, 0.25) is 0 Å². The summed E-state index contributed by atoms with van der Waals surface area (Å²) in [5.41, 5.74) is 0.808. The molecule has 0 aromatic heterocycles. The highest BCUT2D eigenvalue weighted by molar-refractivity contribution is 5.85. The Morgan fingerprint density at radius 2 is 1.90 bits per heavy atom. The molecule has 0 aliphatic carbocycles. The highest BCUT2D eigenvalue weighted by Gasteiger charge is 2.23. The molecule has 1 N–H and O–H groups in total. The highest BCUT2D eigenvalue weighted by atomic mass is 16.5. The molecule has 0 fully saturated rings. The van der Waals surface area contributed by atoms with Crippen molar-refractivity contribution in [3.63, 3.8) is 0 Å². The zero-order valence-electron chi connectivity index (χ0n) is 11.8. The number of hydrogen-bond acceptors (Lipinski definition) is 5. The Bertz CT molecular complexity index is 461. The van der Waals surface area contributed by atoms with Gasteiger partial charge in [-0.25, -0.2) is 4.79 Å². The molecule has 20 heavy (non-hydrogen) atoms. The third-order valence-corrected chi connectivity index (χ3v) is 2.71. The molecule has 6 nitrogen and oxygen atoms in total. The van der Waals surface area contributed by atoms with Crippen LogP contribution < -0.4 is 10.1 Å². The van der Waals surface area contributed by atoms with Gasteiger partial charge in [0.25, 0.3) is 0 Å². The summed E-state index contributed by atoms with van der Waals surface area (Å²) in [7, 11) is 4.24. The monoisotopic (exact) mass is 281 g/mol. The molecular weight excluding hydrogens is 262 g/mol. The van der Waals surface area contributed by atoms with Crippen LogP contribution in [0.4, 0.5) is 0 Å². The van der Waals surface area contributed by atoms with E-state index >= 15 is 0 Å². The number of carbonyl (C=O) groups excluding carboxylic acids is 2. The van der Waals surface area contributed by atoms with Crippen LogP contribution in [0.25, 0.3) is 0 Å².